The lowest BCUT2D eigenvalue weighted by atomic mass is 9.94. The van der Waals surface area contributed by atoms with Crippen LogP contribution in [0, 0.1) is 5.82 Å². The highest BCUT2D eigenvalue weighted by Gasteiger charge is 2.51. The fourth-order valence-electron chi connectivity index (χ4n) is 2.71. The zero-order chi connectivity index (χ0) is 15.7. The van der Waals surface area contributed by atoms with Gasteiger partial charge in [0.25, 0.3) is 0 Å². The summed E-state index contributed by atoms with van der Waals surface area (Å²) in [5.41, 5.74) is 1.48. The van der Waals surface area contributed by atoms with Crippen molar-refractivity contribution in [2.75, 3.05) is 0 Å². The van der Waals surface area contributed by atoms with Crippen LogP contribution >= 0.6 is 15.9 Å². The summed E-state index contributed by atoms with van der Waals surface area (Å²) in [6, 6.07) is 14.1. The highest BCUT2D eigenvalue weighted by atomic mass is 79.9. The van der Waals surface area contributed by atoms with E-state index in [1.807, 2.05) is 31.2 Å². The molecule has 1 fully saturated rings. The van der Waals surface area contributed by atoms with Gasteiger partial charge in [0.1, 0.15) is 5.82 Å². The highest BCUT2D eigenvalue weighted by Crippen LogP contribution is 2.48. The van der Waals surface area contributed by atoms with Gasteiger partial charge in [-0.3, -0.25) is 4.79 Å². The summed E-state index contributed by atoms with van der Waals surface area (Å²) in [4.78, 5) is 12.6. The summed E-state index contributed by atoms with van der Waals surface area (Å²) in [5, 5.41) is 3.08. The molecule has 114 valence electrons. The summed E-state index contributed by atoms with van der Waals surface area (Å²) >= 11 is 3.41. The van der Waals surface area contributed by atoms with Crippen molar-refractivity contribution in [2.45, 2.75) is 31.2 Å². The second-order valence-corrected chi connectivity index (χ2v) is 6.75. The Hall–Kier alpha value is -1.68. The minimum atomic E-state index is -0.475. The van der Waals surface area contributed by atoms with E-state index in [0.29, 0.717) is 0 Å². The fourth-order valence-corrected chi connectivity index (χ4v) is 2.97. The first-order chi connectivity index (χ1) is 10.5. The molecule has 1 saturated carbocycles. The number of nitrogens with one attached hydrogen (secondary N) is 1. The number of carbonyl (C=O) groups excluding carboxylic acids is 1. The molecule has 3 rings (SSSR count). The van der Waals surface area contributed by atoms with Gasteiger partial charge in [0, 0.05) is 4.47 Å². The van der Waals surface area contributed by atoms with E-state index in [1.165, 1.54) is 12.1 Å². The third kappa shape index (κ3) is 2.93. The number of hydrogen-bond acceptors (Lipinski definition) is 1. The van der Waals surface area contributed by atoms with Crippen LogP contribution in [0.25, 0.3) is 0 Å². The van der Waals surface area contributed by atoms with Gasteiger partial charge in [0.2, 0.25) is 5.91 Å². The molecule has 0 radical (unpaired) electrons. The van der Waals surface area contributed by atoms with Crippen LogP contribution in [0.1, 0.15) is 36.9 Å². The predicted molar refractivity (Wildman–Crippen MR) is 88.0 cm³/mol. The SMILES string of the molecule is CC(NC(=O)C1(c2ccc(F)cc2)CC1)c1ccc(Br)cc1. The topological polar surface area (TPSA) is 29.1 Å². The first-order valence-electron chi connectivity index (χ1n) is 7.34. The number of carbonyl (C=O) groups is 1. The fraction of sp³-hybridized carbons (Fsp3) is 0.278. The van der Waals surface area contributed by atoms with E-state index in [-0.39, 0.29) is 17.8 Å². The molecule has 4 heteroatoms. The van der Waals surface area contributed by atoms with Crippen molar-refractivity contribution in [2.24, 2.45) is 0 Å². The lowest BCUT2D eigenvalue weighted by Gasteiger charge is -2.20. The highest BCUT2D eigenvalue weighted by molar-refractivity contribution is 9.10. The maximum absolute atomic E-state index is 13.1. The predicted octanol–water partition coefficient (Wildman–Crippen LogP) is 4.50. The van der Waals surface area contributed by atoms with Crippen molar-refractivity contribution >= 4 is 21.8 Å². The lowest BCUT2D eigenvalue weighted by molar-refractivity contribution is -0.124. The molecule has 1 amide bonds. The molecular formula is C18H17BrFNO. The molecule has 1 unspecified atom stereocenters. The van der Waals surface area contributed by atoms with Crippen LogP contribution in [-0.2, 0) is 10.2 Å². The van der Waals surface area contributed by atoms with E-state index in [2.05, 4.69) is 21.2 Å². The summed E-state index contributed by atoms with van der Waals surface area (Å²) in [6.07, 6.45) is 1.63. The van der Waals surface area contributed by atoms with Crippen molar-refractivity contribution in [1.82, 2.24) is 5.32 Å². The van der Waals surface area contributed by atoms with Crippen molar-refractivity contribution in [3.63, 3.8) is 0 Å². The molecule has 1 aliphatic carbocycles. The molecule has 0 saturated heterocycles. The third-order valence-corrected chi connectivity index (χ3v) is 4.83. The van der Waals surface area contributed by atoms with Gasteiger partial charge in [-0.2, -0.15) is 0 Å². The quantitative estimate of drug-likeness (QED) is 0.853. The van der Waals surface area contributed by atoms with E-state index >= 15 is 0 Å². The maximum Gasteiger partial charge on any atom is 0.231 e. The number of rotatable bonds is 4. The van der Waals surface area contributed by atoms with E-state index in [9.17, 15) is 9.18 Å². The molecule has 1 N–H and O–H groups in total. The van der Waals surface area contributed by atoms with Gasteiger partial charge in [-0.15, -0.1) is 0 Å². The molecule has 1 aliphatic rings. The number of halogens is 2. The molecule has 0 bridgehead atoms. The molecule has 2 aromatic rings. The van der Waals surface area contributed by atoms with Crippen molar-refractivity contribution in [1.29, 1.82) is 0 Å². The van der Waals surface area contributed by atoms with E-state index in [0.717, 1.165) is 28.4 Å². The zero-order valence-corrected chi connectivity index (χ0v) is 13.9. The Morgan fingerprint density at radius 3 is 2.27 bits per heavy atom. The Kier molecular flexibility index (Phi) is 4.04. The molecule has 0 aliphatic heterocycles. The average molecular weight is 362 g/mol. The van der Waals surface area contributed by atoms with Crippen LogP contribution in [0.2, 0.25) is 0 Å². The Morgan fingerprint density at radius 1 is 1.14 bits per heavy atom. The van der Waals surface area contributed by atoms with Gasteiger partial charge in [0.15, 0.2) is 0 Å². The van der Waals surface area contributed by atoms with Crippen LogP contribution < -0.4 is 5.32 Å². The van der Waals surface area contributed by atoms with Gasteiger partial charge in [-0.25, -0.2) is 4.39 Å². The number of hydrogen-bond donors (Lipinski definition) is 1. The van der Waals surface area contributed by atoms with Crippen LogP contribution in [0.5, 0.6) is 0 Å². The Morgan fingerprint density at radius 2 is 1.73 bits per heavy atom. The van der Waals surface area contributed by atoms with Crippen molar-refractivity contribution < 1.29 is 9.18 Å². The van der Waals surface area contributed by atoms with Crippen molar-refractivity contribution in [3.05, 3.63) is 69.9 Å². The Balaban J connectivity index is 1.74. The normalized spacial score (nSPS) is 16.9. The van der Waals surface area contributed by atoms with E-state index in [1.54, 1.807) is 12.1 Å². The summed E-state index contributed by atoms with van der Waals surface area (Å²) < 4.78 is 14.1. The van der Waals surface area contributed by atoms with E-state index in [4.69, 9.17) is 0 Å². The van der Waals surface area contributed by atoms with Gasteiger partial charge >= 0.3 is 0 Å². The molecular weight excluding hydrogens is 345 g/mol. The molecule has 0 aromatic heterocycles. The first kappa shape index (κ1) is 15.2. The number of benzene rings is 2. The van der Waals surface area contributed by atoms with Crippen LogP contribution in [-0.4, -0.2) is 5.91 Å². The minimum absolute atomic E-state index is 0.0227. The summed E-state index contributed by atoms with van der Waals surface area (Å²) in [6.45, 7) is 1.97. The molecule has 0 heterocycles. The molecule has 1 atom stereocenters. The monoisotopic (exact) mass is 361 g/mol. The van der Waals surface area contributed by atoms with Crippen LogP contribution in [0.4, 0.5) is 4.39 Å². The largest absolute Gasteiger partial charge is 0.349 e. The molecule has 2 nitrogen and oxygen atoms in total. The zero-order valence-electron chi connectivity index (χ0n) is 12.3. The van der Waals surface area contributed by atoms with Crippen LogP contribution in [0.15, 0.2) is 53.0 Å². The average Bonchev–Trinajstić information content (AvgIpc) is 3.30. The Bertz CT molecular complexity index is 677. The molecule has 22 heavy (non-hydrogen) atoms. The first-order valence-corrected chi connectivity index (χ1v) is 8.13. The third-order valence-electron chi connectivity index (χ3n) is 4.30. The van der Waals surface area contributed by atoms with Crippen molar-refractivity contribution in [3.8, 4) is 0 Å². The smallest absolute Gasteiger partial charge is 0.231 e. The van der Waals surface area contributed by atoms with Gasteiger partial charge in [0.05, 0.1) is 11.5 Å². The standard InChI is InChI=1S/C18H17BrFNO/c1-12(13-2-6-15(19)7-3-13)21-17(22)18(10-11-18)14-4-8-16(20)9-5-14/h2-9,12H,10-11H2,1H3,(H,21,22). The Labute approximate surface area is 137 Å². The molecule has 0 spiro atoms. The summed E-state index contributed by atoms with van der Waals surface area (Å²) in [7, 11) is 0. The summed E-state index contributed by atoms with van der Waals surface area (Å²) in [5.74, 6) is -0.252. The maximum atomic E-state index is 13.1. The lowest BCUT2D eigenvalue weighted by Crippen LogP contribution is -2.36. The second kappa shape index (κ2) is 5.84. The van der Waals surface area contributed by atoms with E-state index < -0.39 is 5.41 Å². The number of amides is 1. The van der Waals surface area contributed by atoms with Gasteiger partial charge < -0.3 is 5.32 Å². The second-order valence-electron chi connectivity index (χ2n) is 5.84. The van der Waals surface area contributed by atoms with Gasteiger partial charge in [-0.05, 0) is 55.2 Å². The minimum Gasteiger partial charge on any atom is -0.349 e. The van der Waals surface area contributed by atoms with Crippen LogP contribution in [0.3, 0.4) is 0 Å². The molecule has 2 aromatic carbocycles. The van der Waals surface area contributed by atoms with Gasteiger partial charge in [-0.1, -0.05) is 40.2 Å².